The number of aromatic nitrogens is 2. The van der Waals surface area contributed by atoms with E-state index in [1.165, 1.54) is 12.4 Å². The van der Waals surface area contributed by atoms with Gasteiger partial charge in [-0.1, -0.05) is 13.8 Å². The molecule has 7 nitrogen and oxygen atoms in total. The maximum atomic E-state index is 12.0. The zero-order valence-electron chi connectivity index (χ0n) is 12.3. The second kappa shape index (κ2) is 8.13. The van der Waals surface area contributed by atoms with Gasteiger partial charge in [0.2, 0.25) is 16.0 Å². The molecule has 0 aliphatic heterocycles. The summed E-state index contributed by atoms with van der Waals surface area (Å²) in [6.07, 6.45) is 3.59. The van der Waals surface area contributed by atoms with E-state index in [1.807, 2.05) is 25.8 Å². The van der Waals surface area contributed by atoms with Crippen molar-refractivity contribution in [3.63, 3.8) is 0 Å². The van der Waals surface area contributed by atoms with Crippen molar-refractivity contribution in [3.8, 4) is 0 Å². The lowest BCUT2D eigenvalue weighted by Gasteiger charge is -2.14. The Bertz CT molecular complexity index is 489. The zero-order chi connectivity index (χ0) is 15.0. The zero-order valence-corrected chi connectivity index (χ0v) is 13.1. The lowest BCUT2D eigenvalue weighted by Crippen LogP contribution is -2.33. The summed E-state index contributed by atoms with van der Waals surface area (Å²) in [4.78, 5) is 10.1. The van der Waals surface area contributed by atoms with E-state index in [1.54, 1.807) is 0 Å². The molecule has 0 atom stereocenters. The van der Waals surface area contributed by atoms with Crippen LogP contribution in [0.1, 0.15) is 20.3 Å². The number of hydrogen-bond acceptors (Lipinski definition) is 6. The fraction of sp³-hybridized carbons (Fsp3) is 0.667. The van der Waals surface area contributed by atoms with Crippen molar-refractivity contribution in [2.45, 2.75) is 25.2 Å². The van der Waals surface area contributed by atoms with Gasteiger partial charge in [-0.05, 0) is 20.0 Å². The van der Waals surface area contributed by atoms with Crippen LogP contribution in [0.4, 0.5) is 5.95 Å². The summed E-state index contributed by atoms with van der Waals surface area (Å²) in [5, 5.41) is 2.99. The summed E-state index contributed by atoms with van der Waals surface area (Å²) in [5.41, 5.74) is 0. The maximum Gasteiger partial charge on any atom is 0.243 e. The van der Waals surface area contributed by atoms with Gasteiger partial charge in [0.15, 0.2) is 0 Å². The van der Waals surface area contributed by atoms with E-state index in [0.717, 1.165) is 19.5 Å². The van der Waals surface area contributed by atoms with Gasteiger partial charge >= 0.3 is 0 Å². The van der Waals surface area contributed by atoms with Crippen LogP contribution in [-0.2, 0) is 10.0 Å². The fourth-order valence-electron chi connectivity index (χ4n) is 1.40. The number of sulfonamides is 1. The van der Waals surface area contributed by atoms with Gasteiger partial charge in [-0.2, -0.15) is 0 Å². The first-order chi connectivity index (χ1) is 9.49. The van der Waals surface area contributed by atoms with Gasteiger partial charge in [0.05, 0.1) is 12.4 Å². The van der Waals surface area contributed by atoms with Gasteiger partial charge in [-0.15, -0.1) is 0 Å². The van der Waals surface area contributed by atoms with Crippen molar-refractivity contribution >= 4 is 16.0 Å². The molecule has 0 aromatic carbocycles. The molecule has 0 saturated carbocycles. The van der Waals surface area contributed by atoms with Crippen LogP contribution < -0.4 is 10.0 Å². The highest BCUT2D eigenvalue weighted by atomic mass is 32.2. The Labute approximate surface area is 120 Å². The first-order valence-electron chi connectivity index (χ1n) is 6.73. The van der Waals surface area contributed by atoms with Crippen LogP contribution in [0.3, 0.4) is 0 Å². The number of likely N-dealkylation sites (N-methyl/N-ethyl adjacent to an activating group) is 1. The first-order valence-corrected chi connectivity index (χ1v) is 8.22. The number of anilines is 1. The van der Waals surface area contributed by atoms with Crippen LogP contribution >= 0.6 is 0 Å². The Kier molecular flexibility index (Phi) is 6.83. The number of nitrogens with one attached hydrogen (secondary N) is 2. The van der Waals surface area contributed by atoms with E-state index < -0.39 is 10.0 Å². The Morgan fingerprint density at radius 3 is 2.40 bits per heavy atom. The average Bonchev–Trinajstić information content (AvgIpc) is 2.45. The van der Waals surface area contributed by atoms with Crippen LogP contribution in [0.15, 0.2) is 17.3 Å². The normalized spacial score (nSPS) is 11.8. The van der Waals surface area contributed by atoms with Crippen LogP contribution in [-0.4, -0.2) is 56.5 Å². The lowest BCUT2D eigenvalue weighted by atomic mass is 10.5. The second-order valence-electron chi connectivity index (χ2n) is 4.46. The van der Waals surface area contributed by atoms with Crippen molar-refractivity contribution in [1.82, 2.24) is 19.6 Å². The minimum absolute atomic E-state index is 0.0821. The molecular formula is C12H23N5O2S. The first kappa shape index (κ1) is 16.8. The molecule has 1 heterocycles. The molecule has 8 heteroatoms. The monoisotopic (exact) mass is 301 g/mol. The van der Waals surface area contributed by atoms with E-state index in [9.17, 15) is 8.42 Å². The maximum absolute atomic E-state index is 12.0. The summed E-state index contributed by atoms with van der Waals surface area (Å²) in [7, 11) is -1.59. The van der Waals surface area contributed by atoms with Crippen molar-refractivity contribution in [2.24, 2.45) is 0 Å². The molecule has 0 aliphatic carbocycles. The van der Waals surface area contributed by atoms with Gasteiger partial charge in [-0.3, -0.25) is 0 Å². The van der Waals surface area contributed by atoms with Crippen molar-refractivity contribution in [2.75, 3.05) is 38.5 Å². The smallest absolute Gasteiger partial charge is 0.243 e. The standard InChI is InChI=1S/C12H23N5O2S/c1-4-6-13-12-14-9-11(10-15-12)20(18,19)16-7-8-17(3)5-2/h9-10,16H,4-8H2,1-3H3,(H,13,14,15). The molecule has 2 N–H and O–H groups in total. The van der Waals surface area contributed by atoms with Crippen molar-refractivity contribution < 1.29 is 8.42 Å². The quantitative estimate of drug-likeness (QED) is 0.692. The Hall–Kier alpha value is -1.25. The minimum atomic E-state index is -3.53. The third-order valence-corrected chi connectivity index (χ3v) is 4.21. The van der Waals surface area contributed by atoms with Gasteiger partial charge in [0.1, 0.15) is 4.90 Å². The van der Waals surface area contributed by atoms with Gasteiger partial charge in [0.25, 0.3) is 0 Å². The van der Waals surface area contributed by atoms with Crippen molar-refractivity contribution in [1.29, 1.82) is 0 Å². The van der Waals surface area contributed by atoms with Crippen molar-refractivity contribution in [3.05, 3.63) is 12.4 Å². The molecule has 0 spiro atoms. The Balaban J connectivity index is 2.58. The number of rotatable bonds is 9. The van der Waals surface area contributed by atoms with E-state index in [0.29, 0.717) is 19.0 Å². The molecule has 0 aliphatic rings. The highest BCUT2D eigenvalue weighted by Gasteiger charge is 2.14. The predicted molar refractivity (Wildman–Crippen MR) is 79.2 cm³/mol. The molecule has 20 heavy (non-hydrogen) atoms. The van der Waals surface area contributed by atoms with Crippen LogP contribution in [0.5, 0.6) is 0 Å². The van der Waals surface area contributed by atoms with Crippen LogP contribution in [0, 0.1) is 0 Å². The number of nitrogens with zero attached hydrogens (tertiary/aromatic N) is 3. The topological polar surface area (TPSA) is 87.2 Å². The molecule has 1 aromatic heterocycles. The Morgan fingerprint density at radius 1 is 1.20 bits per heavy atom. The van der Waals surface area contributed by atoms with E-state index in [2.05, 4.69) is 20.0 Å². The summed E-state index contributed by atoms with van der Waals surface area (Å²) < 4.78 is 26.5. The highest BCUT2D eigenvalue weighted by molar-refractivity contribution is 7.89. The van der Waals surface area contributed by atoms with E-state index in [-0.39, 0.29) is 4.90 Å². The summed E-state index contributed by atoms with van der Waals surface area (Å²) in [5.74, 6) is 0.441. The van der Waals surface area contributed by atoms with Crippen LogP contribution in [0.2, 0.25) is 0 Å². The predicted octanol–water partition coefficient (Wildman–Crippen LogP) is 0.529. The summed E-state index contributed by atoms with van der Waals surface area (Å²) in [6, 6.07) is 0. The summed E-state index contributed by atoms with van der Waals surface area (Å²) in [6.45, 7) is 6.71. The molecule has 0 radical (unpaired) electrons. The third kappa shape index (κ3) is 5.40. The number of hydrogen-bond donors (Lipinski definition) is 2. The lowest BCUT2D eigenvalue weighted by molar-refractivity contribution is 0.358. The highest BCUT2D eigenvalue weighted by Crippen LogP contribution is 2.07. The fourth-order valence-corrected chi connectivity index (χ4v) is 2.31. The van der Waals surface area contributed by atoms with Gasteiger partial charge in [-0.25, -0.2) is 23.1 Å². The molecule has 0 fully saturated rings. The Morgan fingerprint density at radius 2 is 1.85 bits per heavy atom. The molecule has 0 amide bonds. The minimum Gasteiger partial charge on any atom is -0.354 e. The van der Waals surface area contributed by atoms with E-state index >= 15 is 0 Å². The molecule has 0 saturated heterocycles. The van der Waals surface area contributed by atoms with E-state index in [4.69, 9.17) is 0 Å². The molecule has 0 unspecified atom stereocenters. The van der Waals surface area contributed by atoms with Crippen LogP contribution in [0.25, 0.3) is 0 Å². The molecule has 114 valence electrons. The molecule has 1 rings (SSSR count). The molecule has 0 bridgehead atoms. The SMILES string of the molecule is CCCNc1ncc(S(=O)(=O)NCCN(C)CC)cn1. The largest absolute Gasteiger partial charge is 0.354 e. The second-order valence-corrected chi connectivity index (χ2v) is 6.23. The van der Waals surface area contributed by atoms with Gasteiger partial charge in [0, 0.05) is 19.6 Å². The summed E-state index contributed by atoms with van der Waals surface area (Å²) >= 11 is 0. The average molecular weight is 301 g/mol. The van der Waals surface area contributed by atoms with Gasteiger partial charge < -0.3 is 10.2 Å². The molecule has 1 aromatic rings. The third-order valence-electron chi connectivity index (χ3n) is 2.80. The molecular weight excluding hydrogens is 278 g/mol.